The highest BCUT2D eigenvalue weighted by atomic mass is 14.0. The molecule has 0 saturated heterocycles. The molecule has 0 aromatic carbocycles. The van der Waals surface area contributed by atoms with Crippen molar-refractivity contribution in [3.05, 3.63) is 36.0 Å². The highest BCUT2D eigenvalue weighted by Crippen LogP contribution is 2.14. The van der Waals surface area contributed by atoms with Crippen LogP contribution in [0.3, 0.4) is 0 Å². The van der Waals surface area contributed by atoms with E-state index in [-0.39, 0.29) is 0 Å². The van der Waals surface area contributed by atoms with Crippen molar-refractivity contribution in [1.82, 2.24) is 0 Å². The molecule has 1 aliphatic carbocycles. The van der Waals surface area contributed by atoms with Gasteiger partial charge in [0.1, 0.15) is 0 Å². The Morgan fingerprint density at radius 2 is 1.45 bits per heavy atom. The molecule has 0 nitrogen and oxygen atoms in total. The van der Waals surface area contributed by atoms with Crippen molar-refractivity contribution in [2.75, 3.05) is 0 Å². The van der Waals surface area contributed by atoms with E-state index in [0.29, 0.717) is 0 Å². The Morgan fingerprint density at radius 3 is 2.00 bits per heavy atom. The molecular formula is C20H34. The molecule has 0 heteroatoms. The van der Waals surface area contributed by atoms with Gasteiger partial charge in [-0.25, -0.2) is 0 Å². The summed E-state index contributed by atoms with van der Waals surface area (Å²) >= 11 is 0. The summed E-state index contributed by atoms with van der Waals surface area (Å²) < 4.78 is 0. The fraction of sp³-hybridized carbons (Fsp3) is 0.700. The molecule has 0 N–H and O–H groups in total. The van der Waals surface area contributed by atoms with E-state index in [1.807, 2.05) is 0 Å². The second-order valence-corrected chi connectivity index (χ2v) is 6.10. The molecule has 0 fully saturated rings. The molecule has 0 aromatic rings. The molecule has 0 aliphatic heterocycles. The second kappa shape index (κ2) is 13.2. The molecule has 0 aromatic heterocycles. The van der Waals surface area contributed by atoms with Gasteiger partial charge >= 0.3 is 0 Å². The Labute approximate surface area is 127 Å². The van der Waals surface area contributed by atoms with E-state index in [9.17, 15) is 0 Å². The van der Waals surface area contributed by atoms with Gasteiger partial charge in [0.15, 0.2) is 0 Å². The molecule has 1 rings (SSSR count). The van der Waals surface area contributed by atoms with E-state index in [0.717, 1.165) is 6.42 Å². The highest BCUT2D eigenvalue weighted by molar-refractivity contribution is 5.31. The van der Waals surface area contributed by atoms with Crippen molar-refractivity contribution >= 4 is 0 Å². The van der Waals surface area contributed by atoms with Crippen molar-refractivity contribution in [3.8, 4) is 0 Å². The topological polar surface area (TPSA) is 0 Å². The summed E-state index contributed by atoms with van der Waals surface area (Å²) in [5.74, 6) is 0. The minimum Gasteiger partial charge on any atom is -0.0843 e. The lowest BCUT2D eigenvalue weighted by atomic mass is 10.1. The van der Waals surface area contributed by atoms with Gasteiger partial charge in [-0.15, -0.1) is 0 Å². The van der Waals surface area contributed by atoms with Gasteiger partial charge in [-0.2, -0.15) is 0 Å². The Bertz CT molecular complexity index is 293. The van der Waals surface area contributed by atoms with Crippen molar-refractivity contribution in [2.45, 2.75) is 90.4 Å². The summed E-state index contributed by atoms with van der Waals surface area (Å²) in [7, 11) is 0. The van der Waals surface area contributed by atoms with Crippen LogP contribution in [0.25, 0.3) is 0 Å². The Balaban J connectivity index is 1.74. The molecule has 0 bridgehead atoms. The lowest BCUT2D eigenvalue weighted by Crippen LogP contribution is -1.82. The molecule has 1 aliphatic rings. The fourth-order valence-corrected chi connectivity index (χ4v) is 2.75. The predicted molar refractivity (Wildman–Crippen MR) is 92.1 cm³/mol. The maximum atomic E-state index is 2.35. The van der Waals surface area contributed by atoms with E-state index >= 15 is 0 Å². The third-order valence-corrected chi connectivity index (χ3v) is 4.11. The third-order valence-electron chi connectivity index (χ3n) is 4.11. The summed E-state index contributed by atoms with van der Waals surface area (Å²) in [6.07, 6.45) is 29.4. The Hall–Kier alpha value is -0.780. The number of unbranched alkanes of at least 4 members (excludes halogenated alkanes) is 11. The van der Waals surface area contributed by atoms with E-state index in [4.69, 9.17) is 0 Å². The average molecular weight is 274 g/mol. The minimum atomic E-state index is 1.13. The fourth-order valence-electron chi connectivity index (χ4n) is 2.75. The van der Waals surface area contributed by atoms with E-state index in [1.165, 1.54) is 82.6 Å². The van der Waals surface area contributed by atoms with Crippen molar-refractivity contribution in [3.63, 3.8) is 0 Å². The molecule has 0 saturated carbocycles. The number of hydrogen-bond donors (Lipinski definition) is 0. The van der Waals surface area contributed by atoms with E-state index in [1.54, 1.807) is 0 Å². The first-order valence-corrected chi connectivity index (χ1v) is 8.95. The van der Waals surface area contributed by atoms with Crippen LogP contribution in [0, 0.1) is 0 Å². The largest absolute Gasteiger partial charge is 0.0843 e. The van der Waals surface area contributed by atoms with Crippen LogP contribution in [0.5, 0.6) is 0 Å². The summed E-state index contributed by atoms with van der Waals surface area (Å²) in [6, 6.07) is 0. The van der Waals surface area contributed by atoms with Gasteiger partial charge in [-0.05, 0) is 24.8 Å². The van der Waals surface area contributed by atoms with Crippen LogP contribution in [-0.4, -0.2) is 0 Å². The molecule has 0 amide bonds. The smallest absolute Gasteiger partial charge is 0.00944 e. The number of rotatable bonds is 13. The van der Waals surface area contributed by atoms with Gasteiger partial charge in [-0.1, -0.05) is 102 Å². The molecule has 20 heavy (non-hydrogen) atoms. The van der Waals surface area contributed by atoms with Gasteiger partial charge < -0.3 is 0 Å². The molecule has 114 valence electrons. The van der Waals surface area contributed by atoms with Gasteiger partial charge in [0, 0.05) is 0 Å². The first kappa shape index (κ1) is 17.3. The SMILES string of the molecule is CCCCCCCCCCCCC/C=C/C1=CC=CC1. The van der Waals surface area contributed by atoms with Crippen molar-refractivity contribution in [1.29, 1.82) is 0 Å². The normalized spacial score (nSPS) is 14.3. The van der Waals surface area contributed by atoms with Crippen LogP contribution in [-0.2, 0) is 0 Å². The quantitative estimate of drug-likeness (QED) is 0.313. The Morgan fingerprint density at radius 1 is 0.850 bits per heavy atom. The summed E-state index contributed by atoms with van der Waals surface area (Å²) in [6.45, 7) is 2.29. The zero-order chi connectivity index (χ0) is 14.3. The van der Waals surface area contributed by atoms with Crippen LogP contribution >= 0.6 is 0 Å². The lowest BCUT2D eigenvalue weighted by molar-refractivity contribution is 0.550. The standard InChI is InChI=1S/C20H34/c1-2-3-4-5-6-7-8-9-10-11-12-13-14-17-20-18-15-16-19-20/h14-18H,2-13,19H2,1H3/b17-14+. The summed E-state index contributed by atoms with van der Waals surface area (Å²) in [5, 5.41) is 0. The molecule has 0 atom stereocenters. The first-order chi connectivity index (χ1) is 9.93. The van der Waals surface area contributed by atoms with Crippen LogP contribution in [0.2, 0.25) is 0 Å². The van der Waals surface area contributed by atoms with Gasteiger partial charge in [-0.3, -0.25) is 0 Å². The molecule has 0 spiro atoms. The van der Waals surface area contributed by atoms with Crippen LogP contribution in [0.1, 0.15) is 90.4 Å². The molecule has 0 unspecified atom stereocenters. The third kappa shape index (κ3) is 10.1. The minimum absolute atomic E-state index is 1.13. The average Bonchev–Trinajstić information content (AvgIpc) is 2.97. The molecule has 0 radical (unpaired) electrons. The van der Waals surface area contributed by atoms with Crippen LogP contribution in [0.4, 0.5) is 0 Å². The maximum absolute atomic E-state index is 2.35. The van der Waals surface area contributed by atoms with E-state index < -0.39 is 0 Å². The second-order valence-electron chi connectivity index (χ2n) is 6.10. The summed E-state index contributed by atoms with van der Waals surface area (Å²) in [4.78, 5) is 0. The van der Waals surface area contributed by atoms with Crippen molar-refractivity contribution in [2.24, 2.45) is 0 Å². The maximum Gasteiger partial charge on any atom is -0.00944 e. The van der Waals surface area contributed by atoms with Gasteiger partial charge in [0.25, 0.3) is 0 Å². The first-order valence-electron chi connectivity index (χ1n) is 8.95. The van der Waals surface area contributed by atoms with E-state index in [2.05, 4.69) is 37.3 Å². The van der Waals surface area contributed by atoms with Gasteiger partial charge in [0.2, 0.25) is 0 Å². The Kier molecular flexibility index (Phi) is 11.4. The zero-order valence-corrected chi connectivity index (χ0v) is 13.6. The van der Waals surface area contributed by atoms with Crippen molar-refractivity contribution < 1.29 is 0 Å². The number of allylic oxidation sites excluding steroid dienone is 6. The zero-order valence-electron chi connectivity index (χ0n) is 13.6. The lowest BCUT2D eigenvalue weighted by Gasteiger charge is -2.01. The summed E-state index contributed by atoms with van der Waals surface area (Å²) in [5.41, 5.74) is 1.47. The van der Waals surface area contributed by atoms with Crippen LogP contribution < -0.4 is 0 Å². The molecule has 0 heterocycles. The highest BCUT2D eigenvalue weighted by Gasteiger charge is 1.94. The predicted octanol–water partition coefficient (Wildman–Crippen LogP) is 7.13. The number of hydrogen-bond acceptors (Lipinski definition) is 0. The molecular weight excluding hydrogens is 240 g/mol. The monoisotopic (exact) mass is 274 g/mol. The van der Waals surface area contributed by atoms with Gasteiger partial charge in [0.05, 0.1) is 0 Å². The van der Waals surface area contributed by atoms with Crippen LogP contribution in [0.15, 0.2) is 36.0 Å².